The second-order valence-corrected chi connectivity index (χ2v) is 4.28. The van der Waals surface area contributed by atoms with Crippen molar-refractivity contribution < 1.29 is 9.90 Å². The first kappa shape index (κ1) is 11.1. The summed E-state index contributed by atoms with van der Waals surface area (Å²) in [5.41, 5.74) is 1.84. The van der Waals surface area contributed by atoms with Gasteiger partial charge in [-0.15, -0.1) is 0 Å². The van der Waals surface area contributed by atoms with E-state index in [0.29, 0.717) is 6.42 Å². The van der Waals surface area contributed by atoms with Gasteiger partial charge < -0.3 is 5.11 Å². The average molecular weight is 280 g/mol. The fourth-order valence-corrected chi connectivity index (χ4v) is 2.06. The smallest absolute Gasteiger partial charge is 0.303 e. The topological polar surface area (TPSA) is 50.2 Å². The lowest BCUT2D eigenvalue weighted by Gasteiger charge is -2.04. The molecule has 0 unspecified atom stereocenters. The standard InChI is InChI=1S/C12H10BrNO2/c13-12-9(5-6-11(15)16)7-8-3-1-2-4-10(8)14-12/h1-4,7H,5-6H2,(H,15,16). The zero-order valence-electron chi connectivity index (χ0n) is 8.48. The summed E-state index contributed by atoms with van der Waals surface area (Å²) in [6, 6.07) is 9.76. The van der Waals surface area contributed by atoms with E-state index in [0.717, 1.165) is 21.1 Å². The predicted octanol–water partition coefficient (Wildman–Crippen LogP) is 3.01. The lowest BCUT2D eigenvalue weighted by molar-refractivity contribution is -0.136. The van der Waals surface area contributed by atoms with Crippen LogP contribution in [0, 0.1) is 0 Å². The molecule has 4 heteroatoms. The number of halogens is 1. The summed E-state index contributed by atoms with van der Waals surface area (Å²) in [5.74, 6) is -0.792. The Morgan fingerprint density at radius 2 is 2.12 bits per heavy atom. The van der Waals surface area contributed by atoms with E-state index in [1.165, 1.54) is 0 Å². The highest BCUT2D eigenvalue weighted by molar-refractivity contribution is 9.10. The van der Waals surface area contributed by atoms with Gasteiger partial charge in [0, 0.05) is 11.8 Å². The minimum atomic E-state index is -0.792. The van der Waals surface area contributed by atoms with Crippen LogP contribution in [0.5, 0.6) is 0 Å². The Labute approximate surface area is 101 Å². The lowest BCUT2D eigenvalue weighted by atomic mass is 10.1. The molecule has 0 aliphatic heterocycles. The van der Waals surface area contributed by atoms with E-state index in [9.17, 15) is 4.79 Å². The molecule has 16 heavy (non-hydrogen) atoms. The number of carboxylic acids is 1. The van der Waals surface area contributed by atoms with Crippen LogP contribution in [0.3, 0.4) is 0 Å². The Bertz CT molecular complexity index is 540. The second-order valence-electron chi connectivity index (χ2n) is 3.52. The molecular formula is C12H10BrNO2. The molecule has 2 rings (SSSR count). The Morgan fingerprint density at radius 1 is 1.38 bits per heavy atom. The quantitative estimate of drug-likeness (QED) is 0.879. The number of hydrogen-bond donors (Lipinski definition) is 1. The Kier molecular flexibility index (Phi) is 3.19. The molecule has 0 aliphatic carbocycles. The van der Waals surface area contributed by atoms with Crippen molar-refractivity contribution >= 4 is 32.8 Å². The van der Waals surface area contributed by atoms with Crippen molar-refractivity contribution in [3.05, 3.63) is 40.5 Å². The molecule has 0 amide bonds. The number of aryl methyl sites for hydroxylation is 1. The van der Waals surface area contributed by atoms with Gasteiger partial charge in [0.15, 0.2) is 0 Å². The first-order valence-electron chi connectivity index (χ1n) is 4.93. The number of rotatable bonds is 3. The zero-order chi connectivity index (χ0) is 11.5. The van der Waals surface area contributed by atoms with Gasteiger partial charge in [-0.3, -0.25) is 4.79 Å². The number of benzene rings is 1. The first-order chi connectivity index (χ1) is 7.66. The maximum absolute atomic E-state index is 10.5. The van der Waals surface area contributed by atoms with Crippen molar-refractivity contribution in [2.75, 3.05) is 0 Å². The normalized spacial score (nSPS) is 10.6. The molecule has 82 valence electrons. The largest absolute Gasteiger partial charge is 0.481 e. The number of hydrogen-bond acceptors (Lipinski definition) is 2. The summed E-state index contributed by atoms with van der Waals surface area (Å²) in [6.07, 6.45) is 0.617. The van der Waals surface area contributed by atoms with Crippen LogP contribution in [-0.2, 0) is 11.2 Å². The average Bonchev–Trinajstić information content (AvgIpc) is 2.26. The minimum absolute atomic E-state index is 0.124. The van der Waals surface area contributed by atoms with Gasteiger partial charge in [0.25, 0.3) is 0 Å². The van der Waals surface area contributed by atoms with Crippen LogP contribution in [0.25, 0.3) is 10.9 Å². The lowest BCUT2D eigenvalue weighted by Crippen LogP contribution is -1.99. The van der Waals surface area contributed by atoms with Crippen LogP contribution in [0.4, 0.5) is 0 Å². The van der Waals surface area contributed by atoms with Crippen LogP contribution >= 0.6 is 15.9 Å². The third-order valence-electron chi connectivity index (χ3n) is 2.36. The molecule has 0 radical (unpaired) electrons. The summed E-state index contributed by atoms with van der Waals surface area (Å²) < 4.78 is 0.729. The Balaban J connectivity index is 2.38. The number of aromatic nitrogens is 1. The number of nitrogens with zero attached hydrogens (tertiary/aromatic N) is 1. The molecule has 1 heterocycles. The van der Waals surface area contributed by atoms with Crippen LogP contribution in [-0.4, -0.2) is 16.1 Å². The maximum atomic E-state index is 10.5. The summed E-state index contributed by atoms with van der Waals surface area (Å²) in [7, 11) is 0. The number of carboxylic acid groups (broad SMARTS) is 1. The second kappa shape index (κ2) is 4.61. The van der Waals surface area contributed by atoms with E-state index in [4.69, 9.17) is 5.11 Å². The van der Waals surface area contributed by atoms with E-state index in [-0.39, 0.29) is 6.42 Å². The molecular weight excluding hydrogens is 270 g/mol. The number of pyridine rings is 1. The highest BCUT2D eigenvalue weighted by Gasteiger charge is 2.06. The van der Waals surface area contributed by atoms with E-state index in [1.54, 1.807) is 0 Å². The zero-order valence-corrected chi connectivity index (χ0v) is 10.1. The van der Waals surface area contributed by atoms with Crippen molar-refractivity contribution in [2.24, 2.45) is 0 Å². The Hall–Kier alpha value is -1.42. The van der Waals surface area contributed by atoms with Gasteiger partial charge in [0.05, 0.1) is 5.52 Å². The molecule has 1 aromatic heterocycles. The molecule has 2 aromatic rings. The summed E-state index contributed by atoms with van der Waals surface area (Å²) in [5, 5.41) is 9.68. The number of carbonyl (C=O) groups is 1. The van der Waals surface area contributed by atoms with Crippen molar-refractivity contribution in [3.63, 3.8) is 0 Å². The van der Waals surface area contributed by atoms with Crippen molar-refractivity contribution in [2.45, 2.75) is 12.8 Å². The molecule has 1 N–H and O–H groups in total. The minimum Gasteiger partial charge on any atom is -0.481 e. The van der Waals surface area contributed by atoms with Crippen molar-refractivity contribution in [1.82, 2.24) is 4.98 Å². The molecule has 1 aromatic carbocycles. The molecule has 0 saturated heterocycles. The molecule has 3 nitrogen and oxygen atoms in total. The third kappa shape index (κ3) is 2.39. The fraction of sp³-hybridized carbons (Fsp3) is 0.167. The summed E-state index contributed by atoms with van der Waals surface area (Å²) >= 11 is 3.36. The third-order valence-corrected chi connectivity index (χ3v) is 3.04. The van der Waals surface area contributed by atoms with Crippen LogP contribution in [0.15, 0.2) is 34.9 Å². The van der Waals surface area contributed by atoms with Crippen LogP contribution < -0.4 is 0 Å². The highest BCUT2D eigenvalue weighted by atomic mass is 79.9. The van der Waals surface area contributed by atoms with E-state index >= 15 is 0 Å². The SMILES string of the molecule is O=C(O)CCc1cc2ccccc2nc1Br. The van der Waals surface area contributed by atoms with Crippen LogP contribution in [0.1, 0.15) is 12.0 Å². The highest BCUT2D eigenvalue weighted by Crippen LogP contribution is 2.21. The maximum Gasteiger partial charge on any atom is 0.303 e. The van der Waals surface area contributed by atoms with Gasteiger partial charge >= 0.3 is 5.97 Å². The summed E-state index contributed by atoms with van der Waals surface area (Å²) in [6.45, 7) is 0. The number of fused-ring (bicyclic) bond motifs is 1. The predicted molar refractivity (Wildman–Crippen MR) is 65.4 cm³/mol. The van der Waals surface area contributed by atoms with Gasteiger partial charge in [0.2, 0.25) is 0 Å². The molecule has 0 saturated carbocycles. The molecule has 0 aliphatic rings. The van der Waals surface area contributed by atoms with Gasteiger partial charge in [-0.1, -0.05) is 18.2 Å². The van der Waals surface area contributed by atoms with Gasteiger partial charge in [-0.2, -0.15) is 0 Å². The fourth-order valence-electron chi connectivity index (χ4n) is 1.55. The molecule has 0 spiro atoms. The van der Waals surface area contributed by atoms with Gasteiger partial charge in [0.1, 0.15) is 4.60 Å². The number of para-hydroxylation sites is 1. The summed E-state index contributed by atoms with van der Waals surface area (Å²) in [4.78, 5) is 14.9. The van der Waals surface area contributed by atoms with Gasteiger partial charge in [-0.25, -0.2) is 4.98 Å². The number of aliphatic carboxylic acids is 1. The van der Waals surface area contributed by atoms with E-state index in [2.05, 4.69) is 20.9 Å². The monoisotopic (exact) mass is 279 g/mol. The van der Waals surface area contributed by atoms with Crippen molar-refractivity contribution in [1.29, 1.82) is 0 Å². The Morgan fingerprint density at radius 3 is 2.88 bits per heavy atom. The van der Waals surface area contributed by atoms with E-state index in [1.807, 2.05) is 30.3 Å². The van der Waals surface area contributed by atoms with Crippen molar-refractivity contribution in [3.8, 4) is 0 Å². The first-order valence-corrected chi connectivity index (χ1v) is 5.72. The molecule has 0 bridgehead atoms. The molecule has 0 atom stereocenters. The van der Waals surface area contributed by atoms with Gasteiger partial charge in [-0.05, 0) is 40.0 Å². The van der Waals surface area contributed by atoms with Crippen LogP contribution in [0.2, 0.25) is 0 Å². The van der Waals surface area contributed by atoms with E-state index < -0.39 is 5.97 Å². The molecule has 0 fully saturated rings.